The lowest BCUT2D eigenvalue weighted by molar-refractivity contribution is 0.0954. The standard InChI is InChI=1S/C14H9Br3N2O2/c15-9-3-4-12(17)11(5-9)14(21)19-18-7-8-1-2-10(16)6-13(8)20/h1-7,20H,(H,19,21)/b18-7+. The number of phenolic OH excluding ortho intramolecular Hbond substituents is 1. The average molecular weight is 477 g/mol. The van der Waals surface area contributed by atoms with Crippen molar-refractivity contribution in [2.75, 3.05) is 0 Å². The highest BCUT2D eigenvalue weighted by Crippen LogP contribution is 2.22. The summed E-state index contributed by atoms with van der Waals surface area (Å²) in [6.07, 6.45) is 1.38. The molecule has 0 aliphatic carbocycles. The van der Waals surface area contributed by atoms with Crippen LogP contribution in [0, 0.1) is 0 Å². The summed E-state index contributed by atoms with van der Waals surface area (Å²) in [5.74, 6) is -0.276. The molecular formula is C14H9Br3N2O2. The Morgan fingerprint density at radius 2 is 1.76 bits per heavy atom. The fraction of sp³-hybridized carbons (Fsp3) is 0. The summed E-state index contributed by atoms with van der Waals surface area (Å²) in [6, 6.07) is 10.3. The number of amides is 1. The Kier molecular flexibility index (Phi) is 5.55. The summed E-state index contributed by atoms with van der Waals surface area (Å²) in [5, 5.41) is 13.5. The number of carbonyl (C=O) groups excluding carboxylic acids is 1. The van der Waals surface area contributed by atoms with Gasteiger partial charge in [0.15, 0.2) is 0 Å². The number of nitrogens with zero attached hydrogens (tertiary/aromatic N) is 1. The molecule has 2 N–H and O–H groups in total. The molecule has 0 unspecified atom stereocenters. The summed E-state index contributed by atoms with van der Waals surface area (Å²) in [5.41, 5.74) is 3.38. The Hall–Kier alpha value is -1.18. The molecule has 0 radical (unpaired) electrons. The van der Waals surface area contributed by atoms with E-state index in [2.05, 4.69) is 58.3 Å². The number of hydrogen-bond acceptors (Lipinski definition) is 3. The fourth-order valence-corrected chi connectivity index (χ4v) is 2.65. The van der Waals surface area contributed by atoms with Crippen LogP contribution in [0.3, 0.4) is 0 Å². The van der Waals surface area contributed by atoms with Crippen LogP contribution >= 0.6 is 47.8 Å². The van der Waals surface area contributed by atoms with Crippen LogP contribution in [0.4, 0.5) is 0 Å². The van der Waals surface area contributed by atoms with E-state index >= 15 is 0 Å². The van der Waals surface area contributed by atoms with Crippen LogP contribution in [0.2, 0.25) is 0 Å². The highest BCUT2D eigenvalue weighted by Gasteiger charge is 2.09. The van der Waals surface area contributed by atoms with Crippen LogP contribution in [0.15, 0.2) is 54.9 Å². The first-order chi connectivity index (χ1) is 9.97. The summed E-state index contributed by atoms with van der Waals surface area (Å²) in [6.45, 7) is 0. The van der Waals surface area contributed by atoms with Gasteiger partial charge in [0.25, 0.3) is 5.91 Å². The lowest BCUT2D eigenvalue weighted by Crippen LogP contribution is -2.18. The number of carbonyl (C=O) groups is 1. The topological polar surface area (TPSA) is 61.7 Å². The van der Waals surface area contributed by atoms with Crippen LogP contribution < -0.4 is 5.43 Å². The number of aromatic hydroxyl groups is 1. The van der Waals surface area contributed by atoms with Crippen molar-refractivity contribution in [3.05, 3.63) is 60.9 Å². The normalized spacial score (nSPS) is 10.8. The summed E-state index contributed by atoms with van der Waals surface area (Å²) >= 11 is 9.87. The van der Waals surface area contributed by atoms with Gasteiger partial charge in [-0.15, -0.1) is 0 Å². The summed E-state index contributed by atoms with van der Waals surface area (Å²) < 4.78 is 2.23. The Morgan fingerprint density at radius 3 is 2.48 bits per heavy atom. The van der Waals surface area contributed by atoms with Gasteiger partial charge in [0, 0.05) is 19.0 Å². The first-order valence-corrected chi connectivity index (χ1v) is 8.12. The van der Waals surface area contributed by atoms with Crippen LogP contribution in [-0.4, -0.2) is 17.2 Å². The second kappa shape index (κ2) is 7.20. The number of rotatable bonds is 3. The van der Waals surface area contributed by atoms with Crippen LogP contribution in [0.1, 0.15) is 15.9 Å². The van der Waals surface area contributed by atoms with Crippen molar-refractivity contribution in [1.82, 2.24) is 5.43 Å². The van der Waals surface area contributed by atoms with Crippen molar-refractivity contribution in [2.24, 2.45) is 5.10 Å². The molecule has 0 bridgehead atoms. The predicted molar refractivity (Wildman–Crippen MR) is 92.7 cm³/mol. The van der Waals surface area contributed by atoms with Crippen molar-refractivity contribution >= 4 is 59.9 Å². The van der Waals surface area contributed by atoms with E-state index in [0.717, 1.165) is 8.95 Å². The second-order valence-corrected chi connectivity index (χ2v) is 6.71. The molecule has 0 saturated carbocycles. The number of hydrazone groups is 1. The van der Waals surface area contributed by atoms with Gasteiger partial charge in [0.2, 0.25) is 0 Å². The smallest absolute Gasteiger partial charge is 0.272 e. The Bertz CT molecular complexity index is 717. The second-order valence-electron chi connectivity index (χ2n) is 4.03. The van der Waals surface area contributed by atoms with Crippen molar-refractivity contribution in [3.8, 4) is 5.75 Å². The zero-order valence-electron chi connectivity index (χ0n) is 10.5. The first-order valence-electron chi connectivity index (χ1n) is 5.74. The Balaban J connectivity index is 2.10. The molecular weight excluding hydrogens is 468 g/mol. The molecule has 1 amide bonds. The van der Waals surface area contributed by atoms with E-state index in [4.69, 9.17) is 0 Å². The maximum Gasteiger partial charge on any atom is 0.272 e. The van der Waals surface area contributed by atoms with Crippen LogP contribution in [0.5, 0.6) is 5.75 Å². The zero-order valence-corrected chi connectivity index (χ0v) is 15.2. The van der Waals surface area contributed by atoms with Crippen LogP contribution in [0.25, 0.3) is 0 Å². The molecule has 2 rings (SSSR count). The van der Waals surface area contributed by atoms with Crippen molar-refractivity contribution in [2.45, 2.75) is 0 Å². The minimum atomic E-state index is -0.351. The van der Waals surface area contributed by atoms with Gasteiger partial charge in [-0.05, 0) is 52.3 Å². The van der Waals surface area contributed by atoms with Gasteiger partial charge in [-0.25, -0.2) is 5.43 Å². The zero-order chi connectivity index (χ0) is 15.4. The van der Waals surface area contributed by atoms with Gasteiger partial charge in [-0.1, -0.05) is 31.9 Å². The van der Waals surface area contributed by atoms with Gasteiger partial charge < -0.3 is 5.11 Å². The van der Waals surface area contributed by atoms with Gasteiger partial charge in [-0.3, -0.25) is 4.79 Å². The van der Waals surface area contributed by atoms with Crippen molar-refractivity contribution in [3.63, 3.8) is 0 Å². The lowest BCUT2D eigenvalue weighted by Gasteiger charge is -2.04. The van der Waals surface area contributed by atoms with Crippen molar-refractivity contribution < 1.29 is 9.90 Å². The molecule has 4 nitrogen and oxygen atoms in total. The molecule has 0 aliphatic rings. The number of hydrogen-bond donors (Lipinski definition) is 2. The molecule has 0 saturated heterocycles. The minimum Gasteiger partial charge on any atom is -0.507 e. The first kappa shape index (κ1) is 16.2. The molecule has 0 aliphatic heterocycles. The minimum absolute atomic E-state index is 0.0750. The van der Waals surface area contributed by atoms with E-state index in [0.29, 0.717) is 15.6 Å². The lowest BCUT2D eigenvalue weighted by atomic mass is 10.2. The van der Waals surface area contributed by atoms with Crippen molar-refractivity contribution in [1.29, 1.82) is 0 Å². The third-order valence-electron chi connectivity index (χ3n) is 2.54. The van der Waals surface area contributed by atoms with Gasteiger partial charge in [0.05, 0.1) is 11.8 Å². The summed E-state index contributed by atoms with van der Waals surface area (Å²) in [4.78, 5) is 12.0. The molecule has 0 heterocycles. The van der Waals surface area contributed by atoms with E-state index in [1.807, 2.05) is 6.07 Å². The maximum absolute atomic E-state index is 12.0. The van der Waals surface area contributed by atoms with Gasteiger partial charge in [0.1, 0.15) is 5.75 Å². The fourth-order valence-electron chi connectivity index (χ4n) is 1.52. The predicted octanol–water partition coefficient (Wildman–Crippen LogP) is 4.44. The van der Waals surface area contributed by atoms with E-state index in [9.17, 15) is 9.90 Å². The molecule has 0 aromatic heterocycles. The number of halogens is 3. The van der Waals surface area contributed by atoms with E-state index in [1.165, 1.54) is 6.21 Å². The highest BCUT2D eigenvalue weighted by molar-refractivity contribution is 9.11. The Morgan fingerprint density at radius 1 is 1.10 bits per heavy atom. The molecule has 108 valence electrons. The van der Waals surface area contributed by atoms with Crippen LogP contribution in [-0.2, 0) is 0 Å². The third kappa shape index (κ3) is 4.39. The number of benzene rings is 2. The molecule has 2 aromatic rings. The molecule has 0 spiro atoms. The number of nitrogens with one attached hydrogen (secondary N) is 1. The molecule has 7 heteroatoms. The quantitative estimate of drug-likeness (QED) is 0.508. The third-order valence-corrected chi connectivity index (χ3v) is 4.21. The maximum atomic E-state index is 12.0. The molecule has 0 fully saturated rings. The highest BCUT2D eigenvalue weighted by atomic mass is 79.9. The average Bonchev–Trinajstić information content (AvgIpc) is 2.43. The monoisotopic (exact) mass is 474 g/mol. The summed E-state index contributed by atoms with van der Waals surface area (Å²) in [7, 11) is 0. The van der Waals surface area contributed by atoms with Gasteiger partial charge >= 0.3 is 0 Å². The van der Waals surface area contributed by atoms with E-state index in [1.54, 1.807) is 30.3 Å². The molecule has 21 heavy (non-hydrogen) atoms. The molecule has 0 atom stereocenters. The van der Waals surface area contributed by atoms with E-state index < -0.39 is 0 Å². The Labute approximate surface area is 146 Å². The van der Waals surface area contributed by atoms with Gasteiger partial charge in [-0.2, -0.15) is 5.10 Å². The van der Waals surface area contributed by atoms with E-state index in [-0.39, 0.29) is 11.7 Å². The largest absolute Gasteiger partial charge is 0.507 e. The molecule has 2 aromatic carbocycles. The number of phenols is 1. The SMILES string of the molecule is O=C(N/N=C/c1ccc(Br)cc1O)c1cc(Br)ccc1Br.